The van der Waals surface area contributed by atoms with E-state index in [1.165, 1.54) is 10.0 Å². The molecule has 0 amide bonds. The fraction of sp³-hybridized carbons (Fsp3) is 0.143. The monoisotopic (exact) mass is 278 g/mol. The molecule has 2 heteroatoms. The van der Waals surface area contributed by atoms with E-state index in [4.69, 9.17) is 4.74 Å². The zero-order valence-electron chi connectivity index (χ0n) is 9.22. The number of methoxy groups -OCH3 is 1. The summed E-state index contributed by atoms with van der Waals surface area (Å²) in [5.41, 5.74) is 1.30. The van der Waals surface area contributed by atoms with Crippen molar-refractivity contribution in [2.45, 2.75) is 5.32 Å². The third-order valence-electron chi connectivity index (χ3n) is 2.33. The summed E-state index contributed by atoms with van der Waals surface area (Å²) in [6.45, 7) is 0. The second-order valence-electron chi connectivity index (χ2n) is 3.41. The van der Waals surface area contributed by atoms with Crippen molar-refractivity contribution in [3.8, 4) is 5.75 Å². The number of ether oxygens (including phenoxy) is 1. The Morgan fingerprint density at radius 1 is 0.938 bits per heavy atom. The van der Waals surface area contributed by atoms with Gasteiger partial charge in [-0.2, -0.15) is 0 Å². The Bertz CT molecular complexity index is 439. The van der Waals surface area contributed by atoms with Gasteiger partial charge in [-0.25, -0.2) is 0 Å². The second-order valence-corrected chi connectivity index (χ2v) is 5.61. The van der Waals surface area contributed by atoms with Gasteiger partial charge in [0.15, 0.2) is 0 Å². The molecule has 0 spiro atoms. The van der Waals surface area contributed by atoms with Gasteiger partial charge in [-0.3, -0.25) is 0 Å². The predicted octanol–water partition coefficient (Wildman–Crippen LogP) is 2.22. The van der Waals surface area contributed by atoms with Gasteiger partial charge in [-0.15, -0.1) is 0 Å². The summed E-state index contributed by atoms with van der Waals surface area (Å²) in [4.78, 5) is 0. The summed E-state index contributed by atoms with van der Waals surface area (Å²) >= 11 is 0.482. The van der Waals surface area contributed by atoms with Gasteiger partial charge in [0.2, 0.25) is 0 Å². The van der Waals surface area contributed by atoms with Gasteiger partial charge in [-0.1, -0.05) is 0 Å². The number of benzene rings is 2. The Kier molecular flexibility index (Phi) is 4.03. The van der Waals surface area contributed by atoms with Gasteiger partial charge in [0, 0.05) is 0 Å². The van der Waals surface area contributed by atoms with E-state index in [2.05, 4.69) is 42.5 Å². The first kappa shape index (κ1) is 11.3. The van der Waals surface area contributed by atoms with Crippen molar-refractivity contribution in [2.24, 2.45) is 0 Å². The third kappa shape index (κ3) is 2.88. The first-order valence-corrected chi connectivity index (χ1v) is 7.26. The summed E-state index contributed by atoms with van der Waals surface area (Å²) in [5, 5.41) is 1.08. The molecule has 0 atom stereocenters. The Morgan fingerprint density at radius 3 is 2.38 bits per heavy atom. The molecular formula is C14H14OSe. The molecule has 2 aromatic carbocycles. The molecule has 0 fully saturated rings. The molecule has 2 rings (SSSR count). The van der Waals surface area contributed by atoms with E-state index in [0.717, 1.165) is 11.1 Å². The van der Waals surface area contributed by atoms with E-state index in [1.807, 2.05) is 12.1 Å². The van der Waals surface area contributed by atoms with Crippen LogP contribution >= 0.6 is 0 Å². The molecule has 0 unspecified atom stereocenters. The molecule has 0 bridgehead atoms. The van der Waals surface area contributed by atoms with Crippen molar-refractivity contribution in [1.82, 2.24) is 0 Å². The average molecular weight is 277 g/mol. The van der Waals surface area contributed by atoms with Gasteiger partial charge in [0.05, 0.1) is 0 Å². The van der Waals surface area contributed by atoms with Gasteiger partial charge >= 0.3 is 102 Å². The summed E-state index contributed by atoms with van der Waals surface area (Å²) in [6, 6.07) is 18.9. The van der Waals surface area contributed by atoms with Crippen LogP contribution in [0, 0.1) is 0 Å². The van der Waals surface area contributed by atoms with Crippen molar-refractivity contribution in [3.05, 3.63) is 60.2 Å². The van der Waals surface area contributed by atoms with Crippen LogP contribution in [0.1, 0.15) is 5.56 Å². The summed E-state index contributed by atoms with van der Waals surface area (Å²) in [6.07, 6.45) is 0. The van der Waals surface area contributed by atoms with Gasteiger partial charge < -0.3 is 0 Å². The molecule has 2 aromatic rings. The molecule has 0 heterocycles. The van der Waals surface area contributed by atoms with E-state index in [1.54, 1.807) is 7.11 Å². The molecule has 0 N–H and O–H groups in total. The van der Waals surface area contributed by atoms with Crippen LogP contribution in [-0.2, 0) is 5.32 Å². The van der Waals surface area contributed by atoms with Crippen molar-refractivity contribution in [3.63, 3.8) is 0 Å². The molecule has 0 saturated carbocycles. The van der Waals surface area contributed by atoms with E-state index in [0.29, 0.717) is 15.0 Å². The first-order chi connectivity index (χ1) is 7.90. The van der Waals surface area contributed by atoms with E-state index in [-0.39, 0.29) is 0 Å². The minimum atomic E-state index is 0.482. The van der Waals surface area contributed by atoms with Crippen LogP contribution in [0.5, 0.6) is 5.75 Å². The zero-order valence-corrected chi connectivity index (χ0v) is 10.9. The van der Waals surface area contributed by atoms with Crippen LogP contribution in [0.15, 0.2) is 54.6 Å². The second kappa shape index (κ2) is 5.74. The molecule has 16 heavy (non-hydrogen) atoms. The van der Waals surface area contributed by atoms with Crippen LogP contribution in [0.4, 0.5) is 0 Å². The van der Waals surface area contributed by atoms with Crippen molar-refractivity contribution in [1.29, 1.82) is 0 Å². The molecule has 0 radical (unpaired) electrons. The van der Waals surface area contributed by atoms with Gasteiger partial charge in [0.1, 0.15) is 0 Å². The maximum atomic E-state index is 5.34. The van der Waals surface area contributed by atoms with Crippen LogP contribution in [-0.4, -0.2) is 22.1 Å². The molecule has 0 aliphatic rings. The quantitative estimate of drug-likeness (QED) is 0.779. The first-order valence-electron chi connectivity index (χ1n) is 5.20. The number of para-hydroxylation sites is 1. The topological polar surface area (TPSA) is 9.23 Å². The molecule has 0 aliphatic heterocycles. The average Bonchev–Trinajstić information content (AvgIpc) is 2.38. The molecule has 0 aromatic heterocycles. The molecule has 0 saturated heterocycles. The zero-order chi connectivity index (χ0) is 11.2. The van der Waals surface area contributed by atoms with Crippen molar-refractivity contribution in [2.75, 3.05) is 7.11 Å². The minimum absolute atomic E-state index is 0.482. The van der Waals surface area contributed by atoms with Crippen LogP contribution in [0.25, 0.3) is 0 Å². The third-order valence-corrected chi connectivity index (χ3v) is 4.56. The SMILES string of the molecule is COc1ccccc1C[Se]c1ccccc1. The maximum absolute atomic E-state index is 5.34. The predicted molar refractivity (Wildman–Crippen MR) is 68.5 cm³/mol. The molecule has 0 aliphatic carbocycles. The van der Waals surface area contributed by atoms with E-state index < -0.39 is 0 Å². The number of hydrogen-bond acceptors (Lipinski definition) is 1. The van der Waals surface area contributed by atoms with Crippen LogP contribution in [0.2, 0.25) is 0 Å². The van der Waals surface area contributed by atoms with E-state index >= 15 is 0 Å². The van der Waals surface area contributed by atoms with Crippen LogP contribution in [0.3, 0.4) is 0 Å². The fourth-order valence-corrected chi connectivity index (χ4v) is 3.41. The van der Waals surface area contributed by atoms with Crippen molar-refractivity contribution < 1.29 is 4.74 Å². The molecule has 1 nitrogen and oxygen atoms in total. The standard InChI is InChI=1S/C14H14OSe/c1-15-14-10-6-5-7-12(14)11-16-13-8-3-2-4-9-13/h2-10H,11H2,1H3. The van der Waals surface area contributed by atoms with Gasteiger partial charge in [-0.05, 0) is 0 Å². The Hall–Kier alpha value is -1.24. The summed E-state index contributed by atoms with van der Waals surface area (Å²) < 4.78 is 6.78. The fourth-order valence-electron chi connectivity index (χ4n) is 1.50. The Balaban J connectivity index is 2.05. The van der Waals surface area contributed by atoms with E-state index in [9.17, 15) is 0 Å². The normalized spacial score (nSPS) is 10.1. The Morgan fingerprint density at radius 2 is 1.62 bits per heavy atom. The van der Waals surface area contributed by atoms with Gasteiger partial charge in [0.25, 0.3) is 0 Å². The van der Waals surface area contributed by atoms with Crippen molar-refractivity contribution >= 4 is 19.4 Å². The van der Waals surface area contributed by atoms with Crippen LogP contribution < -0.4 is 9.20 Å². The Labute approximate surface area is 103 Å². The number of rotatable bonds is 4. The molecule has 82 valence electrons. The summed E-state index contributed by atoms with van der Waals surface area (Å²) in [5.74, 6) is 1.00. The molecular weight excluding hydrogens is 263 g/mol. The number of hydrogen-bond donors (Lipinski definition) is 0. The summed E-state index contributed by atoms with van der Waals surface area (Å²) in [7, 11) is 1.73.